The van der Waals surface area contributed by atoms with Crippen LogP contribution in [0.15, 0.2) is 188 Å². The number of phenols is 1. The number of phenolic OH excluding ortho intramolecular Hbond substituents is 1. The maximum Gasteiger partial charge on any atom is 0.149 e. The molecule has 0 aliphatic heterocycles. The van der Waals surface area contributed by atoms with Crippen molar-refractivity contribution in [1.29, 1.82) is 0 Å². The van der Waals surface area contributed by atoms with Gasteiger partial charge in [0.2, 0.25) is 0 Å². The first-order chi connectivity index (χ1) is 36.7. The summed E-state index contributed by atoms with van der Waals surface area (Å²) >= 11 is 0. The van der Waals surface area contributed by atoms with Crippen molar-refractivity contribution in [3.8, 4) is 89.7 Å². The van der Waals surface area contributed by atoms with Crippen LogP contribution in [0.25, 0.3) is 95.0 Å². The molecule has 2 aromatic heterocycles. The van der Waals surface area contributed by atoms with Crippen molar-refractivity contribution < 1.29 is 16.1 Å². The van der Waals surface area contributed by atoms with Gasteiger partial charge in [0, 0.05) is 33.9 Å². The predicted molar refractivity (Wildman–Crippen MR) is 295 cm³/mol. The Hall–Kier alpha value is -7.82. The van der Waals surface area contributed by atoms with Crippen molar-refractivity contribution in [1.82, 2.24) is 14.5 Å². The number of para-hydroxylation sites is 1. The second kappa shape index (κ2) is 18.6. The molecule has 0 saturated carbocycles. The van der Waals surface area contributed by atoms with Gasteiger partial charge in [-0.25, -0.2) is 4.98 Å². The van der Waals surface area contributed by atoms with Gasteiger partial charge in [-0.3, -0.25) is 9.55 Å². The molecule has 10 aromatic rings. The molecule has 70 heavy (non-hydrogen) atoms. The Kier molecular flexibility index (Phi) is 9.86. The van der Waals surface area contributed by atoms with Gasteiger partial charge in [0.05, 0.1) is 28.0 Å². The van der Waals surface area contributed by atoms with Crippen LogP contribution in [-0.2, 0) is 5.41 Å². The molecule has 4 heteroatoms. The number of aromatic hydroxyl groups is 1. The molecule has 1 N–H and O–H groups in total. The lowest BCUT2D eigenvalue weighted by Gasteiger charge is -2.22. The number of benzene rings is 8. The predicted octanol–water partition coefficient (Wildman–Crippen LogP) is 18.0. The fourth-order valence-corrected chi connectivity index (χ4v) is 9.40. The fourth-order valence-electron chi connectivity index (χ4n) is 9.40. The van der Waals surface area contributed by atoms with Gasteiger partial charge in [0.15, 0.2) is 0 Å². The molecule has 0 spiro atoms. The molecule has 0 amide bonds. The molecule has 0 atom stereocenters. The summed E-state index contributed by atoms with van der Waals surface area (Å²) in [6.07, 6.45) is 1.75. The summed E-state index contributed by atoms with van der Waals surface area (Å²) in [5.41, 5.74) is 13.7. The lowest BCUT2D eigenvalue weighted by Crippen LogP contribution is -2.10. The summed E-state index contributed by atoms with van der Waals surface area (Å²) in [5.74, 6) is -2.32. The highest BCUT2D eigenvalue weighted by Crippen LogP contribution is 2.45. The standard InChI is InChI=1S/C66H61N3O/c1-41(2)50-37-56(42(3)4)64(70)59(38-50)65-68-63-55(52-34-51(45-17-12-10-13-18-45)35-53(36-52)60-39-49(31-32-67-60)46-25-23-43(5)24-26-46)21-16-22-61(63)69(65)62-33-44(6)57(40-58(62)47-19-14-11-15-20-47)48-27-29-54(30-28-48)66(7,8)9/h10-42,70H,1-9H3/i5D3,6D3,41D,42D. The van der Waals surface area contributed by atoms with Crippen LogP contribution in [0.5, 0.6) is 5.75 Å². The zero-order valence-electron chi connectivity index (χ0n) is 48.7. The van der Waals surface area contributed by atoms with Crippen molar-refractivity contribution in [2.45, 2.75) is 79.4 Å². The highest BCUT2D eigenvalue weighted by atomic mass is 16.3. The van der Waals surface area contributed by atoms with Gasteiger partial charge >= 0.3 is 0 Å². The third kappa shape index (κ3) is 8.87. The summed E-state index contributed by atoms with van der Waals surface area (Å²) in [5, 5.41) is 12.6. The number of imidazole rings is 1. The summed E-state index contributed by atoms with van der Waals surface area (Å²) in [7, 11) is 0. The van der Waals surface area contributed by atoms with E-state index < -0.39 is 25.5 Å². The molecular weight excluding hydrogens is 851 g/mol. The molecule has 0 radical (unpaired) electrons. The SMILES string of the molecule is [2H]C([2H])([2H])c1ccc(-c2ccnc(-c3cc(-c4ccccc4)cc(-c4cccc5c4nc(-c4cc(C([2H])(C)C)cc(C([2H])(C)C)c4O)n5-c4cc(C([2H])([2H])[2H])c(-c5ccc(C(C)(C)C)cc5)cc4-c4ccccc4)c3)c2)cc1. The van der Waals surface area contributed by atoms with E-state index in [0.29, 0.717) is 50.5 Å². The molecule has 0 aliphatic carbocycles. The second-order valence-corrected chi connectivity index (χ2v) is 19.6. The normalized spacial score (nSPS) is 14.2. The Morgan fingerprint density at radius 1 is 0.529 bits per heavy atom. The molecule has 8 aromatic carbocycles. The zero-order chi connectivity index (χ0) is 55.7. The number of fused-ring (bicyclic) bond motifs is 1. The van der Waals surface area contributed by atoms with E-state index in [4.69, 9.17) is 18.2 Å². The molecular formula is C66H61N3O. The molecule has 346 valence electrons. The Balaban J connectivity index is 1.29. The van der Waals surface area contributed by atoms with Crippen molar-refractivity contribution >= 4 is 11.0 Å². The highest BCUT2D eigenvalue weighted by molar-refractivity contribution is 5.99. The molecule has 2 heterocycles. The second-order valence-electron chi connectivity index (χ2n) is 19.6. The van der Waals surface area contributed by atoms with Crippen LogP contribution in [0.1, 0.15) is 99.0 Å². The number of rotatable bonds is 10. The third-order valence-corrected chi connectivity index (χ3v) is 13.3. The molecule has 0 aliphatic rings. The molecule has 0 bridgehead atoms. The number of hydrogen-bond acceptors (Lipinski definition) is 3. The Bertz CT molecular complexity index is 3860. The Morgan fingerprint density at radius 2 is 1.19 bits per heavy atom. The summed E-state index contributed by atoms with van der Waals surface area (Å²) in [6, 6.07) is 58.2. The minimum Gasteiger partial charge on any atom is -0.507 e. The Labute approximate surface area is 425 Å². The fraction of sp³-hybridized carbons (Fsp3) is 0.182. The van der Waals surface area contributed by atoms with Gasteiger partial charge in [-0.15, -0.1) is 0 Å². The first-order valence-corrected chi connectivity index (χ1v) is 23.8. The van der Waals surface area contributed by atoms with Crippen LogP contribution in [0, 0.1) is 13.7 Å². The third-order valence-electron chi connectivity index (χ3n) is 13.3. The summed E-state index contributed by atoms with van der Waals surface area (Å²) < 4.78 is 71.6. The largest absolute Gasteiger partial charge is 0.507 e. The number of hydrogen-bond donors (Lipinski definition) is 1. The van der Waals surface area contributed by atoms with Crippen LogP contribution in [0.2, 0.25) is 0 Å². The molecule has 0 fully saturated rings. The van der Waals surface area contributed by atoms with E-state index in [-0.39, 0.29) is 27.9 Å². The van der Waals surface area contributed by atoms with Crippen LogP contribution in [-0.4, -0.2) is 19.6 Å². The van der Waals surface area contributed by atoms with Crippen molar-refractivity contribution in [2.75, 3.05) is 0 Å². The average Bonchev–Trinajstić information content (AvgIpc) is 3.91. The first kappa shape index (κ1) is 37.1. The molecule has 0 saturated heterocycles. The molecule has 0 unspecified atom stereocenters. The topological polar surface area (TPSA) is 50.9 Å². The lowest BCUT2D eigenvalue weighted by molar-refractivity contribution is 0.466. The van der Waals surface area contributed by atoms with E-state index in [1.165, 1.54) is 0 Å². The van der Waals surface area contributed by atoms with Crippen LogP contribution in [0.4, 0.5) is 0 Å². The quantitative estimate of drug-likeness (QED) is 0.149. The minimum atomic E-state index is -2.58. The maximum absolute atomic E-state index is 12.6. The smallest absolute Gasteiger partial charge is 0.149 e. The molecule has 10 rings (SSSR count). The van der Waals surface area contributed by atoms with E-state index in [2.05, 4.69) is 63.2 Å². The number of nitrogens with zero attached hydrogens (tertiary/aromatic N) is 3. The Morgan fingerprint density at radius 3 is 1.86 bits per heavy atom. The van der Waals surface area contributed by atoms with Gasteiger partial charge < -0.3 is 5.11 Å². The average molecular weight is 920 g/mol. The van der Waals surface area contributed by atoms with E-state index >= 15 is 0 Å². The van der Waals surface area contributed by atoms with Gasteiger partial charge in [0.25, 0.3) is 0 Å². The van der Waals surface area contributed by atoms with E-state index in [1.54, 1.807) is 64.2 Å². The van der Waals surface area contributed by atoms with Gasteiger partial charge in [-0.1, -0.05) is 181 Å². The van der Waals surface area contributed by atoms with Gasteiger partial charge in [0.1, 0.15) is 11.6 Å². The number of pyridine rings is 1. The summed E-state index contributed by atoms with van der Waals surface area (Å²) in [6.45, 7) is 8.58. The van der Waals surface area contributed by atoms with Crippen LogP contribution < -0.4 is 0 Å². The van der Waals surface area contributed by atoms with Crippen molar-refractivity contribution in [2.24, 2.45) is 0 Å². The maximum atomic E-state index is 12.6. The minimum absolute atomic E-state index is 0.124. The van der Waals surface area contributed by atoms with E-state index in [9.17, 15) is 7.85 Å². The monoisotopic (exact) mass is 920 g/mol. The zero-order valence-corrected chi connectivity index (χ0v) is 40.7. The van der Waals surface area contributed by atoms with E-state index in [1.807, 2.05) is 114 Å². The number of aryl methyl sites for hydroxylation is 2. The van der Waals surface area contributed by atoms with Gasteiger partial charge in [-0.2, -0.15) is 0 Å². The first-order valence-electron chi connectivity index (χ1n) is 27.8. The van der Waals surface area contributed by atoms with E-state index in [0.717, 1.165) is 55.6 Å². The van der Waals surface area contributed by atoms with Crippen molar-refractivity contribution in [3.05, 3.63) is 216 Å². The lowest BCUT2D eigenvalue weighted by atomic mass is 9.85. The highest BCUT2D eigenvalue weighted by Gasteiger charge is 2.26. The number of aromatic nitrogens is 3. The van der Waals surface area contributed by atoms with Crippen LogP contribution >= 0.6 is 0 Å². The van der Waals surface area contributed by atoms with Crippen molar-refractivity contribution in [3.63, 3.8) is 0 Å². The van der Waals surface area contributed by atoms with Crippen LogP contribution in [0.3, 0.4) is 0 Å². The molecule has 4 nitrogen and oxygen atoms in total. The summed E-state index contributed by atoms with van der Waals surface area (Å²) in [4.78, 5) is 10.4. The van der Waals surface area contributed by atoms with Gasteiger partial charge in [-0.05, 0) is 152 Å².